The molecular weight excluding hydrogens is 230 g/mol. The zero-order valence-electron chi connectivity index (χ0n) is 8.08. The van der Waals surface area contributed by atoms with Crippen LogP contribution in [-0.4, -0.2) is 18.1 Å². The molecule has 84 valence electrons. The third-order valence-electron chi connectivity index (χ3n) is 2.29. The standard InChI is InChI=1S/C10H9NO4S/c11-9-4-2-6-1-3-7(16(13,14)15)5-8(6)10(9)12/h1-5,12H,11H2,(H,13,14,15). The Morgan fingerprint density at radius 2 is 1.75 bits per heavy atom. The first-order valence-electron chi connectivity index (χ1n) is 4.38. The first kappa shape index (κ1) is 10.7. The highest BCUT2D eigenvalue weighted by molar-refractivity contribution is 7.85. The molecule has 2 aromatic carbocycles. The number of phenolic OH excluding ortho intramolecular Hbond substituents is 1. The molecule has 16 heavy (non-hydrogen) atoms. The third kappa shape index (κ3) is 1.68. The van der Waals surface area contributed by atoms with Crippen molar-refractivity contribution in [2.24, 2.45) is 0 Å². The Hall–Kier alpha value is -1.79. The number of hydrogen-bond donors (Lipinski definition) is 3. The van der Waals surface area contributed by atoms with Gasteiger partial charge in [0.15, 0.2) is 0 Å². The van der Waals surface area contributed by atoms with Crippen molar-refractivity contribution in [1.29, 1.82) is 0 Å². The number of anilines is 1. The van der Waals surface area contributed by atoms with Gasteiger partial charge in [0, 0.05) is 5.39 Å². The van der Waals surface area contributed by atoms with Gasteiger partial charge in [0.25, 0.3) is 10.1 Å². The molecule has 5 nitrogen and oxygen atoms in total. The van der Waals surface area contributed by atoms with E-state index in [2.05, 4.69) is 0 Å². The smallest absolute Gasteiger partial charge is 0.294 e. The molecule has 6 heteroatoms. The lowest BCUT2D eigenvalue weighted by molar-refractivity contribution is 0.482. The number of benzene rings is 2. The van der Waals surface area contributed by atoms with Crippen molar-refractivity contribution < 1.29 is 18.1 Å². The first-order valence-corrected chi connectivity index (χ1v) is 5.82. The fraction of sp³-hybridized carbons (Fsp3) is 0. The Labute approximate surface area is 91.9 Å². The fourth-order valence-corrected chi connectivity index (χ4v) is 1.97. The van der Waals surface area contributed by atoms with Gasteiger partial charge in [0.2, 0.25) is 0 Å². The van der Waals surface area contributed by atoms with E-state index in [1.165, 1.54) is 24.3 Å². The number of fused-ring (bicyclic) bond motifs is 1. The van der Waals surface area contributed by atoms with E-state index in [0.717, 1.165) is 0 Å². The molecule has 0 aliphatic rings. The average Bonchev–Trinajstić information content (AvgIpc) is 2.22. The van der Waals surface area contributed by atoms with Crippen LogP contribution < -0.4 is 5.73 Å². The molecule has 2 aromatic rings. The molecule has 0 bridgehead atoms. The van der Waals surface area contributed by atoms with Gasteiger partial charge < -0.3 is 10.8 Å². The Kier molecular flexibility index (Phi) is 2.25. The Bertz CT molecular complexity index is 664. The van der Waals surface area contributed by atoms with Gasteiger partial charge in [0.1, 0.15) is 5.75 Å². The maximum atomic E-state index is 10.9. The zero-order chi connectivity index (χ0) is 11.9. The monoisotopic (exact) mass is 239 g/mol. The normalized spacial score (nSPS) is 11.8. The van der Waals surface area contributed by atoms with Crippen LogP contribution in [0.1, 0.15) is 0 Å². The van der Waals surface area contributed by atoms with Crippen LogP contribution in [0.2, 0.25) is 0 Å². The molecule has 0 fully saturated rings. The van der Waals surface area contributed by atoms with Crippen molar-refractivity contribution in [2.45, 2.75) is 4.90 Å². The molecular formula is C10H9NO4S. The highest BCUT2D eigenvalue weighted by Gasteiger charge is 2.12. The molecule has 0 saturated carbocycles. The molecule has 0 unspecified atom stereocenters. The van der Waals surface area contributed by atoms with Gasteiger partial charge in [-0.1, -0.05) is 12.1 Å². The maximum Gasteiger partial charge on any atom is 0.294 e. The lowest BCUT2D eigenvalue weighted by Crippen LogP contribution is -1.97. The summed E-state index contributed by atoms with van der Waals surface area (Å²) in [6, 6.07) is 7.09. The molecule has 0 amide bonds. The number of hydrogen-bond acceptors (Lipinski definition) is 4. The summed E-state index contributed by atoms with van der Waals surface area (Å²) >= 11 is 0. The molecule has 0 atom stereocenters. The Morgan fingerprint density at radius 3 is 2.38 bits per heavy atom. The molecule has 0 aliphatic carbocycles. The number of phenols is 1. The SMILES string of the molecule is Nc1ccc2ccc(S(=O)(=O)O)cc2c1O. The van der Waals surface area contributed by atoms with Gasteiger partial charge in [-0.15, -0.1) is 0 Å². The fourth-order valence-electron chi connectivity index (χ4n) is 1.46. The summed E-state index contributed by atoms with van der Waals surface area (Å²) in [5.41, 5.74) is 5.64. The van der Waals surface area contributed by atoms with E-state index < -0.39 is 10.1 Å². The second-order valence-corrected chi connectivity index (χ2v) is 4.78. The van der Waals surface area contributed by atoms with E-state index in [-0.39, 0.29) is 21.7 Å². The average molecular weight is 239 g/mol. The Balaban J connectivity index is 2.84. The van der Waals surface area contributed by atoms with E-state index >= 15 is 0 Å². The quantitative estimate of drug-likeness (QED) is 0.396. The lowest BCUT2D eigenvalue weighted by atomic mass is 10.1. The van der Waals surface area contributed by atoms with Crippen LogP contribution in [-0.2, 0) is 10.1 Å². The molecule has 0 radical (unpaired) electrons. The summed E-state index contributed by atoms with van der Waals surface area (Å²) in [5, 5.41) is 10.6. The van der Waals surface area contributed by atoms with Gasteiger partial charge in [-0.3, -0.25) is 4.55 Å². The van der Waals surface area contributed by atoms with Gasteiger partial charge in [-0.25, -0.2) is 0 Å². The van der Waals surface area contributed by atoms with Gasteiger partial charge >= 0.3 is 0 Å². The lowest BCUT2D eigenvalue weighted by Gasteiger charge is -2.05. The van der Waals surface area contributed by atoms with Crippen LogP contribution in [0.3, 0.4) is 0 Å². The van der Waals surface area contributed by atoms with Crippen molar-refractivity contribution >= 4 is 26.6 Å². The zero-order valence-corrected chi connectivity index (χ0v) is 8.90. The summed E-state index contributed by atoms with van der Waals surface area (Å²) < 4.78 is 30.7. The summed E-state index contributed by atoms with van der Waals surface area (Å²) in [5.74, 6) is -0.192. The minimum Gasteiger partial charge on any atom is -0.505 e. The second kappa shape index (κ2) is 3.36. The Morgan fingerprint density at radius 1 is 1.12 bits per heavy atom. The number of aromatic hydroxyl groups is 1. The number of rotatable bonds is 1. The molecule has 0 saturated heterocycles. The summed E-state index contributed by atoms with van der Waals surface area (Å²) in [7, 11) is -4.28. The van der Waals surface area contributed by atoms with Crippen molar-refractivity contribution in [3.8, 4) is 5.75 Å². The molecule has 0 heterocycles. The highest BCUT2D eigenvalue weighted by Crippen LogP contribution is 2.31. The topological polar surface area (TPSA) is 101 Å². The van der Waals surface area contributed by atoms with E-state index in [9.17, 15) is 13.5 Å². The van der Waals surface area contributed by atoms with Crippen LogP contribution in [0, 0.1) is 0 Å². The third-order valence-corrected chi connectivity index (χ3v) is 3.14. The van der Waals surface area contributed by atoms with E-state index in [0.29, 0.717) is 5.39 Å². The summed E-state index contributed by atoms with van der Waals surface area (Å²) in [4.78, 5) is -0.277. The predicted octanol–water partition coefficient (Wildman–Crippen LogP) is 1.37. The molecule has 4 N–H and O–H groups in total. The summed E-state index contributed by atoms with van der Waals surface area (Å²) in [6.45, 7) is 0. The van der Waals surface area contributed by atoms with Crippen LogP contribution in [0.25, 0.3) is 10.8 Å². The minimum absolute atomic E-state index is 0.153. The van der Waals surface area contributed by atoms with E-state index in [4.69, 9.17) is 10.3 Å². The summed E-state index contributed by atoms with van der Waals surface area (Å²) in [6.07, 6.45) is 0. The number of nitrogens with two attached hydrogens (primary N) is 1. The van der Waals surface area contributed by atoms with Crippen LogP contribution >= 0.6 is 0 Å². The van der Waals surface area contributed by atoms with E-state index in [1.807, 2.05) is 0 Å². The highest BCUT2D eigenvalue weighted by atomic mass is 32.2. The van der Waals surface area contributed by atoms with Gasteiger partial charge in [0.05, 0.1) is 10.6 Å². The molecule has 0 aromatic heterocycles. The number of nitrogen functional groups attached to an aromatic ring is 1. The van der Waals surface area contributed by atoms with Gasteiger partial charge in [-0.05, 0) is 23.6 Å². The van der Waals surface area contributed by atoms with Crippen molar-refractivity contribution in [3.63, 3.8) is 0 Å². The predicted molar refractivity (Wildman–Crippen MR) is 59.8 cm³/mol. The van der Waals surface area contributed by atoms with Crippen LogP contribution in [0.5, 0.6) is 5.75 Å². The molecule has 0 aliphatic heterocycles. The first-order chi connectivity index (χ1) is 7.39. The van der Waals surface area contributed by atoms with Crippen molar-refractivity contribution in [3.05, 3.63) is 30.3 Å². The second-order valence-electron chi connectivity index (χ2n) is 3.36. The van der Waals surface area contributed by atoms with Gasteiger partial charge in [-0.2, -0.15) is 8.42 Å². The minimum atomic E-state index is -4.28. The van der Waals surface area contributed by atoms with Crippen LogP contribution in [0.15, 0.2) is 35.2 Å². The van der Waals surface area contributed by atoms with E-state index in [1.54, 1.807) is 6.07 Å². The maximum absolute atomic E-state index is 10.9. The molecule has 2 rings (SSSR count). The van der Waals surface area contributed by atoms with Crippen molar-refractivity contribution in [2.75, 3.05) is 5.73 Å². The molecule has 0 spiro atoms. The van der Waals surface area contributed by atoms with Crippen molar-refractivity contribution in [1.82, 2.24) is 0 Å². The van der Waals surface area contributed by atoms with Crippen LogP contribution in [0.4, 0.5) is 5.69 Å². The largest absolute Gasteiger partial charge is 0.505 e.